The van der Waals surface area contributed by atoms with Gasteiger partial charge in [0.25, 0.3) is 5.91 Å². The van der Waals surface area contributed by atoms with Crippen LogP contribution in [0.1, 0.15) is 48.9 Å². The summed E-state index contributed by atoms with van der Waals surface area (Å²) in [6.45, 7) is 0.845. The number of carbonyl (C=O) groups is 1. The summed E-state index contributed by atoms with van der Waals surface area (Å²) in [5.74, 6) is 1.30. The maximum Gasteiger partial charge on any atom is 0.259 e. The number of carbonyl (C=O) groups excluding carboxylic acids is 1. The number of anilines is 1. The van der Waals surface area contributed by atoms with E-state index in [-0.39, 0.29) is 5.91 Å². The molecule has 0 aromatic heterocycles. The first kappa shape index (κ1) is 14.2. The standard InChI is InChI=1S/C17H24N2O2/c1-21-15-10-4-8-13(18)16(15)17(20)19-11-5-7-12-6-2-3-9-14(12)19/h4,8,10,12,14H,2-3,5-7,9,11,18H2,1H3/t12-,14-/m1/s1. The second-order valence-electron chi connectivity index (χ2n) is 6.18. The van der Waals surface area contributed by atoms with E-state index in [0.717, 1.165) is 19.4 Å². The lowest BCUT2D eigenvalue weighted by atomic mass is 9.78. The Morgan fingerprint density at radius 2 is 2.00 bits per heavy atom. The molecule has 1 amide bonds. The molecule has 0 radical (unpaired) electrons. The Balaban J connectivity index is 1.90. The van der Waals surface area contributed by atoms with Gasteiger partial charge in [0.05, 0.1) is 7.11 Å². The molecule has 1 saturated heterocycles. The van der Waals surface area contributed by atoms with E-state index in [1.165, 1.54) is 25.7 Å². The maximum absolute atomic E-state index is 13.0. The molecule has 21 heavy (non-hydrogen) atoms. The molecular weight excluding hydrogens is 264 g/mol. The third-order valence-corrected chi connectivity index (χ3v) is 5.00. The number of hydrogen-bond donors (Lipinski definition) is 1. The molecule has 0 bridgehead atoms. The SMILES string of the molecule is COc1cccc(N)c1C(=O)N1CCC[C@H]2CCCC[C@H]21. The summed E-state index contributed by atoms with van der Waals surface area (Å²) in [5.41, 5.74) is 7.09. The molecule has 0 spiro atoms. The first-order valence-corrected chi connectivity index (χ1v) is 7.96. The Morgan fingerprint density at radius 3 is 2.81 bits per heavy atom. The zero-order chi connectivity index (χ0) is 14.8. The van der Waals surface area contributed by atoms with Crippen LogP contribution in [-0.4, -0.2) is 30.5 Å². The van der Waals surface area contributed by atoms with E-state index in [2.05, 4.69) is 4.90 Å². The number of nitrogen functional groups attached to an aromatic ring is 1. The predicted octanol–water partition coefficient (Wildman–Crippen LogP) is 3.07. The lowest BCUT2D eigenvalue weighted by Crippen LogP contribution is -2.49. The monoisotopic (exact) mass is 288 g/mol. The van der Waals surface area contributed by atoms with Gasteiger partial charge >= 0.3 is 0 Å². The summed E-state index contributed by atoms with van der Waals surface area (Å²) in [6.07, 6.45) is 7.28. The molecule has 114 valence electrons. The largest absolute Gasteiger partial charge is 0.496 e. The van der Waals surface area contributed by atoms with Crippen molar-refractivity contribution in [3.63, 3.8) is 0 Å². The van der Waals surface area contributed by atoms with E-state index in [4.69, 9.17) is 10.5 Å². The van der Waals surface area contributed by atoms with Crippen molar-refractivity contribution in [3.8, 4) is 5.75 Å². The Labute approximate surface area is 126 Å². The molecule has 2 atom stereocenters. The van der Waals surface area contributed by atoms with Gasteiger partial charge in [-0.1, -0.05) is 18.9 Å². The summed E-state index contributed by atoms with van der Waals surface area (Å²) in [6, 6.07) is 5.80. The zero-order valence-corrected chi connectivity index (χ0v) is 12.7. The average Bonchev–Trinajstić information content (AvgIpc) is 2.53. The van der Waals surface area contributed by atoms with E-state index >= 15 is 0 Å². The van der Waals surface area contributed by atoms with Crippen molar-refractivity contribution in [1.29, 1.82) is 0 Å². The molecule has 4 nitrogen and oxygen atoms in total. The van der Waals surface area contributed by atoms with E-state index < -0.39 is 0 Å². The van der Waals surface area contributed by atoms with Crippen LogP contribution in [0.5, 0.6) is 5.75 Å². The molecule has 2 fully saturated rings. The molecule has 1 aliphatic heterocycles. The Bertz CT molecular complexity index is 528. The van der Waals surface area contributed by atoms with Gasteiger partial charge in [-0.25, -0.2) is 0 Å². The number of likely N-dealkylation sites (tertiary alicyclic amines) is 1. The highest BCUT2D eigenvalue weighted by Crippen LogP contribution is 2.37. The number of nitrogens with zero attached hydrogens (tertiary/aromatic N) is 1. The summed E-state index contributed by atoms with van der Waals surface area (Å²) >= 11 is 0. The number of ether oxygens (including phenoxy) is 1. The molecule has 2 N–H and O–H groups in total. The second kappa shape index (κ2) is 5.96. The van der Waals surface area contributed by atoms with Crippen LogP contribution in [0, 0.1) is 5.92 Å². The van der Waals surface area contributed by atoms with Gasteiger partial charge in [-0.05, 0) is 43.7 Å². The van der Waals surface area contributed by atoms with Crippen molar-refractivity contribution in [2.24, 2.45) is 5.92 Å². The smallest absolute Gasteiger partial charge is 0.259 e. The van der Waals surface area contributed by atoms with Crippen LogP contribution in [0.15, 0.2) is 18.2 Å². The fraction of sp³-hybridized carbons (Fsp3) is 0.588. The highest BCUT2D eigenvalue weighted by molar-refractivity contribution is 6.02. The zero-order valence-electron chi connectivity index (χ0n) is 12.7. The summed E-state index contributed by atoms with van der Waals surface area (Å²) in [7, 11) is 1.59. The molecule has 2 aliphatic rings. The first-order valence-electron chi connectivity index (χ1n) is 7.96. The van der Waals surface area contributed by atoms with Gasteiger partial charge in [-0.2, -0.15) is 0 Å². The molecule has 1 aromatic rings. The van der Waals surface area contributed by atoms with Crippen LogP contribution >= 0.6 is 0 Å². The second-order valence-corrected chi connectivity index (χ2v) is 6.18. The van der Waals surface area contributed by atoms with E-state index in [0.29, 0.717) is 29.0 Å². The number of piperidine rings is 1. The van der Waals surface area contributed by atoms with Crippen LogP contribution < -0.4 is 10.5 Å². The third kappa shape index (κ3) is 2.59. The molecular formula is C17H24N2O2. The molecule has 1 aromatic carbocycles. The number of methoxy groups -OCH3 is 1. The van der Waals surface area contributed by atoms with E-state index in [1.54, 1.807) is 13.2 Å². The Morgan fingerprint density at radius 1 is 1.24 bits per heavy atom. The number of hydrogen-bond acceptors (Lipinski definition) is 3. The molecule has 3 rings (SSSR count). The van der Waals surface area contributed by atoms with Gasteiger partial charge in [-0.15, -0.1) is 0 Å². The lowest BCUT2D eigenvalue weighted by Gasteiger charge is -2.44. The van der Waals surface area contributed by atoms with Crippen LogP contribution in [-0.2, 0) is 0 Å². The van der Waals surface area contributed by atoms with Gasteiger partial charge in [0.1, 0.15) is 11.3 Å². The van der Waals surface area contributed by atoms with Crippen molar-refractivity contribution in [2.45, 2.75) is 44.6 Å². The third-order valence-electron chi connectivity index (χ3n) is 5.00. The van der Waals surface area contributed by atoms with E-state index in [1.807, 2.05) is 12.1 Å². The van der Waals surface area contributed by atoms with Crippen molar-refractivity contribution in [2.75, 3.05) is 19.4 Å². The number of fused-ring (bicyclic) bond motifs is 1. The predicted molar refractivity (Wildman–Crippen MR) is 83.4 cm³/mol. The molecule has 0 unspecified atom stereocenters. The fourth-order valence-corrected chi connectivity index (χ4v) is 3.97. The van der Waals surface area contributed by atoms with Crippen molar-refractivity contribution in [3.05, 3.63) is 23.8 Å². The van der Waals surface area contributed by atoms with Crippen molar-refractivity contribution in [1.82, 2.24) is 4.90 Å². The van der Waals surface area contributed by atoms with Gasteiger partial charge in [0.2, 0.25) is 0 Å². The highest BCUT2D eigenvalue weighted by atomic mass is 16.5. The maximum atomic E-state index is 13.0. The lowest BCUT2D eigenvalue weighted by molar-refractivity contribution is 0.0389. The molecule has 1 saturated carbocycles. The minimum absolute atomic E-state index is 0.0431. The van der Waals surface area contributed by atoms with Crippen LogP contribution in [0.4, 0.5) is 5.69 Å². The number of amides is 1. The Hall–Kier alpha value is -1.71. The average molecular weight is 288 g/mol. The van der Waals surface area contributed by atoms with Gasteiger partial charge < -0.3 is 15.4 Å². The van der Waals surface area contributed by atoms with E-state index in [9.17, 15) is 4.79 Å². The summed E-state index contributed by atoms with van der Waals surface area (Å²) in [4.78, 5) is 15.1. The molecule has 4 heteroatoms. The first-order chi connectivity index (χ1) is 10.2. The number of nitrogens with two attached hydrogens (primary N) is 1. The highest BCUT2D eigenvalue weighted by Gasteiger charge is 2.37. The summed E-state index contributed by atoms with van der Waals surface area (Å²) in [5, 5.41) is 0. The van der Waals surface area contributed by atoms with Crippen LogP contribution in [0.25, 0.3) is 0 Å². The summed E-state index contributed by atoms with van der Waals surface area (Å²) < 4.78 is 5.35. The van der Waals surface area contributed by atoms with Gasteiger partial charge in [0, 0.05) is 18.3 Å². The molecule has 1 aliphatic carbocycles. The van der Waals surface area contributed by atoms with Crippen LogP contribution in [0.2, 0.25) is 0 Å². The quantitative estimate of drug-likeness (QED) is 0.851. The fourth-order valence-electron chi connectivity index (χ4n) is 3.97. The van der Waals surface area contributed by atoms with Crippen LogP contribution in [0.3, 0.4) is 0 Å². The minimum atomic E-state index is 0.0431. The van der Waals surface area contributed by atoms with Crippen molar-refractivity contribution >= 4 is 11.6 Å². The topological polar surface area (TPSA) is 55.6 Å². The minimum Gasteiger partial charge on any atom is -0.496 e. The van der Waals surface area contributed by atoms with Gasteiger partial charge in [-0.3, -0.25) is 4.79 Å². The van der Waals surface area contributed by atoms with Gasteiger partial charge in [0.15, 0.2) is 0 Å². The normalized spacial score (nSPS) is 25.3. The Kier molecular flexibility index (Phi) is 4.04. The number of benzene rings is 1. The molecule has 1 heterocycles. The number of rotatable bonds is 2. The van der Waals surface area contributed by atoms with Crippen molar-refractivity contribution < 1.29 is 9.53 Å².